The van der Waals surface area contributed by atoms with E-state index in [9.17, 15) is 14.6 Å². The number of thioether (sulfide) groups is 1. The van der Waals surface area contributed by atoms with Crippen LogP contribution in [-0.2, 0) is 4.74 Å². The van der Waals surface area contributed by atoms with E-state index >= 15 is 0 Å². The molecular formula is C24H31FN6O4S. The van der Waals surface area contributed by atoms with Gasteiger partial charge in [0.1, 0.15) is 18.0 Å². The lowest BCUT2D eigenvalue weighted by Gasteiger charge is -2.17. The number of ether oxygens (including phenoxy) is 1. The number of aliphatic hydroxyl groups excluding tert-OH is 3. The fourth-order valence-corrected chi connectivity index (χ4v) is 4.82. The first-order valence-corrected chi connectivity index (χ1v) is 12.7. The number of halogens is 1. The number of hydrogen-bond acceptors (Lipinski definition) is 10. The molecule has 2 aromatic heterocycles. The van der Waals surface area contributed by atoms with Crippen molar-refractivity contribution in [2.24, 2.45) is 0 Å². The van der Waals surface area contributed by atoms with Crippen molar-refractivity contribution < 1.29 is 32.7 Å². The summed E-state index contributed by atoms with van der Waals surface area (Å²) in [7, 11) is 0. The van der Waals surface area contributed by atoms with E-state index in [-0.39, 0.29) is 47.3 Å². The Kier molecular flexibility index (Phi) is 5.51. The third kappa shape index (κ3) is 4.92. The molecule has 0 unspecified atom stereocenters. The molecule has 0 radical (unpaired) electrons. The summed E-state index contributed by atoms with van der Waals surface area (Å²) in [4.78, 5) is 9.02. The second kappa shape index (κ2) is 10.5. The van der Waals surface area contributed by atoms with Crippen LogP contribution in [0.4, 0.5) is 10.2 Å². The molecule has 3 aromatic rings. The maximum atomic E-state index is 14.8. The number of nitrogens with one attached hydrogen (secondary N) is 1. The molecule has 5 rings (SSSR count). The largest absolute Gasteiger partial charge is 0.394 e. The number of benzene rings is 1. The molecule has 6 atom stereocenters. The van der Waals surface area contributed by atoms with E-state index in [1.54, 1.807) is 0 Å². The van der Waals surface area contributed by atoms with Gasteiger partial charge in [0.05, 0.1) is 29.5 Å². The minimum atomic E-state index is -2.39. The summed E-state index contributed by atoms with van der Waals surface area (Å²) in [5.74, 6) is -2.73. The van der Waals surface area contributed by atoms with Gasteiger partial charge in [0, 0.05) is 28.2 Å². The Morgan fingerprint density at radius 2 is 2.19 bits per heavy atom. The van der Waals surface area contributed by atoms with Crippen LogP contribution in [0.1, 0.15) is 57.4 Å². The molecule has 0 amide bonds. The van der Waals surface area contributed by atoms with Gasteiger partial charge in [0.2, 0.25) is 0 Å². The van der Waals surface area contributed by atoms with E-state index < -0.39 is 72.2 Å². The zero-order valence-electron chi connectivity index (χ0n) is 25.7. The number of rotatable bonds is 10. The van der Waals surface area contributed by atoms with Gasteiger partial charge in [-0.25, -0.2) is 19.0 Å². The van der Waals surface area contributed by atoms with E-state index in [1.165, 1.54) is 23.4 Å². The van der Waals surface area contributed by atoms with Crippen molar-refractivity contribution in [1.82, 2.24) is 25.0 Å². The Labute approximate surface area is 220 Å². The van der Waals surface area contributed by atoms with Gasteiger partial charge < -0.3 is 25.4 Å². The molecule has 0 spiro atoms. The van der Waals surface area contributed by atoms with Gasteiger partial charge in [-0.3, -0.25) is 0 Å². The van der Waals surface area contributed by atoms with Crippen LogP contribution in [-0.4, -0.2) is 83.6 Å². The standard InChI is InChI=1S/C24H31FN6O4S/c1-3-8-36-24-27-22(26-16-10-14(16)13-5-4-12(2)15(25)9-13)19-23(28-24)31(30-29-19)17-11-18(35-7-6-32)21(34)20(17)33/h4-5,9,14,16-18,20-21,32-34H,3,6-8,10-11H2,1-2H3,(H,26,27,28)/t14-,16+,17+,18-,20-,21+/m0/s1/i4D,5D,9D,10D2,14D. The molecule has 0 saturated heterocycles. The van der Waals surface area contributed by atoms with Crippen molar-refractivity contribution >= 4 is 28.7 Å². The first-order valence-electron chi connectivity index (χ1n) is 14.7. The van der Waals surface area contributed by atoms with E-state index in [1.807, 2.05) is 6.92 Å². The zero-order chi connectivity index (χ0) is 30.7. The smallest absolute Gasteiger partial charge is 0.191 e. The molecule has 0 bridgehead atoms. The summed E-state index contributed by atoms with van der Waals surface area (Å²) < 4.78 is 72.3. The van der Waals surface area contributed by atoms with Crippen LogP contribution in [0.5, 0.6) is 0 Å². The SMILES string of the molecule is [2H]c1c([2H])c([C@@]2([2H])[C@H](Nc3nc(SCCC)nc4c3nnn4[C@@H]3C[C@H](OCCO)[C@@H](O)[C@H]3O)C2([2H])[2H])c([2H])c(F)c1C. The average molecular weight is 525 g/mol. The summed E-state index contributed by atoms with van der Waals surface area (Å²) in [6.07, 6.45) is -4.79. The summed E-state index contributed by atoms with van der Waals surface area (Å²) in [5, 5.41) is 41.8. The first-order chi connectivity index (χ1) is 19.8. The van der Waals surface area contributed by atoms with Crippen LogP contribution in [0, 0.1) is 12.7 Å². The van der Waals surface area contributed by atoms with Gasteiger partial charge in [-0.15, -0.1) is 5.10 Å². The highest BCUT2D eigenvalue weighted by atomic mass is 32.2. The van der Waals surface area contributed by atoms with Crippen molar-refractivity contribution in [2.75, 3.05) is 24.3 Å². The van der Waals surface area contributed by atoms with Gasteiger partial charge in [0.15, 0.2) is 22.1 Å². The molecule has 2 fully saturated rings. The normalized spacial score (nSPS) is 33.4. The number of anilines is 1. The van der Waals surface area contributed by atoms with Crippen molar-refractivity contribution in [3.05, 3.63) is 35.1 Å². The van der Waals surface area contributed by atoms with Gasteiger partial charge in [-0.2, -0.15) is 0 Å². The zero-order valence-corrected chi connectivity index (χ0v) is 20.5. The lowest BCUT2D eigenvalue weighted by Crippen LogP contribution is -2.33. The number of fused-ring (bicyclic) bond motifs is 1. The Balaban J connectivity index is 1.55. The molecule has 0 aliphatic heterocycles. The minimum absolute atomic E-state index is 0.00529. The third-order valence-corrected chi connectivity index (χ3v) is 7.12. The highest BCUT2D eigenvalue weighted by Gasteiger charge is 2.45. The molecular weight excluding hydrogens is 487 g/mol. The van der Waals surface area contributed by atoms with Crippen molar-refractivity contribution in [3.63, 3.8) is 0 Å². The summed E-state index contributed by atoms with van der Waals surface area (Å²) in [6.45, 7) is 2.93. The molecule has 36 heavy (non-hydrogen) atoms. The number of aliphatic hydroxyl groups is 3. The topological polar surface area (TPSA) is 138 Å². The third-order valence-electron chi connectivity index (χ3n) is 6.07. The van der Waals surface area contributed by atoms with E-state index in [0.717, 1.165) is 6.42 Å². The Bertz CT molecular complexity index is 1490. The molecule has 1 aromatic carbocycles. The maximum absolute atomic E-state index is 14.8. The van der Waals surface area contributed by atoms with Crippen molar-refractivity contribution in [2.45, 2.75) is 74.5 Å². The second-order valence-corrected chi connectivity index (χ2v) is 9.71. The van der Waals surface area contributed by atoms with Gasteiger partial charge >= 0.3 is 0 Å². The molecule has 2 aliphatic rings. The van der Waals surface area contributed by atoms with Gasteiger partial charge in [-0.1, -0.05) is 36.0 Å². The van der Waals surface area contributed by atoms with Gasteiger partial charge in [-0.05, 0) is 36.9 Å². The van der Waals surface area contributed by atoms with Crippen LogP contribution in [0.25, 0.3) is 11.2 Å². The van der Waals surface area contributed by atoms with Crippen molar-refractivity contribution in [3.8, 4) is 0 Å². The molecule has 4 N–H and O–H groups in total. The van der Waals surface area contributed by atoms with Crippen molar-refractivity contribution in [1.29, 1.82) is 0 Å². The van der Waals surface area contributed by atoms with E-state index in [4.69, 9.17) is 18.1 Å². The number of aromatic nitrogens is 5. The molecule has 194 valence electrons. The van der Waals surface area contributed by atoms with Crippen LogP contribution in [0.2, 0.25) is 0 Å². The second-order valence-electron chi connectivity index (χ2n) is 8.65. The Morgan fingerprint density at radius 1 is 1.36 bits per heavy atom. The fraction of sp³-hybridized carbons (Fsp3) is 0.583. The molecule has 2 heterocycles. The molecule has 2 aliphatic carbocycles. The monoisotopic (exact) mass is 524 g/mol. The van der Waals surface area contributed by atoms with Gasteiger partial charge in [0.25, 0.3) is 0 Å². The maximum Gasteiger partial charge on any atom is 0.191 e. The van der Waals surface area contributed by atoms with Crippen LogP contribution in [0.3, 0.4) is 0 Å². The predicted octanol–water partition coefficient (Wildman–Crippen LogP) is 2.18. The summed E-state index contributed by atoms with van der Waals surface area (Å²) in [5.41, 5.74) is -0.516. The predicted molar refractivity (Wildman–Crippen MR) is 133 cm³/mol. The highest BCUT2D eigenvalue weighted by molar-refractivity contribution is 7.99. The summed E-state index contributed by atoms with van der Waals surface area (Å²) in [6, 6.07) is -4.11. The van der Waals surface area contributed by atoms with Crippen LogP contribution in [0.15, 0.2) is 23.3 Å². The lowest BCUT2D eigenvalue weighted by atomic mass is 10.1. The molecule has 10 nitrogen and oxygen atoms in total. The lowest BCUT2D eigenvalue weighted by molar-refractivity contribution is -0.0629. The summed E-state index contributed by atoms with van der Waals surface area (Å²) >= 11 is 1.30. The number of hydrogen-bond donors (Lipinski definition) is 4. The van der Waals surface area contributed by atoms with Crippen LogP contribution >= 0.6 is 11.8 Å². The first kappa shape index (κ1) is 18.8. The average Bonchev–Trinajstić information content (AvgIpc) is 3.28. The highest BCUT2D eigenvalue weighted by Crippen LogP contribution is 2.44. The molecule has 12 heteroatoms. The van der Waals surface area contributed by atoms with Crippen LogP contribution < -0.4 is 5.32 Å². The quantitative estimate of drug-likeness (QED) is 0.231. The Hall–Kier alpha value is -2.38. The van der Waals surface area contributed by atoms with E-state index in [0.29, 0.717) is 5.75 Å². The Morgan fingerprint density at radius 3 is 2.97 bits per heavy atom. The van der Waals surface area contributed by atoms with E-state index in [2.05, 4.69) is 25.6 Å². The molecule has 2 saturated carbocycles. The fourth-order valence-electron chi connectivity index (χ4n) is 4.13. The minimum Gasteiger partial charge on any atom is -0.394 e. The number of nitrogens with zero attached hydrogens (tertiary/aromatic N) is 5.